The molecule has 1 aromatic carbocycles. The number of H-pyrrole nitrogens is 1. The van der Waals surface area contributed by atoms with Gasteiger partial charge in [-0.15, -0.1) is 5.10 Å². The first-order valence-corrected chi connectivity index (χ1v) is 6.13. The highest BCUT2D eigenvalue weighted by molar-refractivity contribution is 7.71. The van der Waals surface area contributed by atoms with Crippen LogP contribution < -0.4 is 5.73 Å². The molecule has 1 aromatic heterocycles. The Kier molecular flexibility index (Phi) is 3.28. The molecular weight excluding hydrogens is 232 g/mol. The molecule has 0 amide bonds. The fourth-order valence-electron chi connectivity index (χ4n) is 2.03. The van der Waals surface area contributed by atoms with Gasteiger partial charge in [-0.05, 0) is 36.2 Å². The largest absolute Gasteiger partial charge is 0.368 e. The lowest BCUT2D eigenvalue weighted by atomic mass is 10.0. The number of aromatic amines is 1. The summed E-state index contributed by atoms with van der Waals surface area (Å²) in [6.45, 7) is 4.25. The molecule has 4 nitrogen and oxygen atoms in total. The summed E-state index contributed by atoms with van der Waals surface area (Å²) in [7, 11) is 0. The fraction of sp³-hybridized carbons (Fsp3) is 0.333. The summed E-state index contributed by atoms with van der Waals surface area (Å²) in [5, 5.41) is 6.70. The normalized spacial score (nSPS) is 10.7. The molecule has 0 atom stereocenters. The van der Waals surface area contributed by atoms with Crippen LogP contribution in [-0.4, -0.2) is 14.8 Å². The number of para-hydroxylation sites is 1. The first-order valence-electron chi connectivity index (χ1n) is 5.73. The van der Waals surface area contributed by atoms with E-state index in [1.54, 1.807) is 0 Å². The molecule has 17 heavy (non-hydrogen) atoms. The van der Waals surface area contributed by atoms with Crippen molar-refractivity contribution in [2.75, 3.05) is 5.73 Å². The van der Waals surface area contributed by atoms with Gasteiger partial charge < -0.3 is 5.73 Å². The summed E-state index contributed by atoms with van der Waals surface area (Å²) in [5.74, 6) is 0.408. The first kappa shape index (κ1) is 11.9. The third-order valence-corrected chi connectivity index (χ3v) is 3.16. The van der Waals surface area contributed by atoms with Crippen LogP contribution in [0.4, 0.5) is 5.95 Å². The molecule has 0 saturated carbocycles. The maximum Gasteiger partial charge on any atom is 0.225 e. The van der Waals surface area contributed by atoms with Crippen LogP contribution >= 0.6 is 12.2 Å². The second-order valence-corrected chi connectivity index (χ2v) is 4.24. The van der Waals surface area contributed by atoms with Gasteiger partial charge in [0.05, 0.1) is 5.69 Å². The number of hydrogen-bond acceptors (Lipinski definition) is 3. The molecule has 0 aliphatic rings. The molecule has 2 rings (SSSR count). The van der Waals surface area contributed by atoms with Crippen LogP contribution in [-0.2, 0) is 12.8 Å². The summed E-state index contributed by atoms with van der Waals surface area (Å²) >= 11 is 5.23. The zero-order valence-electron chi connectivity index (χ0n) is 10.0. The highest BCUT2D eigenvalue weighted by Crippen LogP contribution is 2.23. The Balaban J connectivity index is 2.77. The van der Waals surface area contributed by atoms with Crippen molar-refractivity contribution in [3.8, 4) is 5.69 Å². The molecule has 3 N–H and O–H groups in total. The number of rotatable bonds is 3. The smallest absolute Gasteiger partial charge is 0.225 e. The van der Waals surface area contributed by atoms with Gasteiger partial charge in [0.25, 0.3) is 0 Å². The Morgan fingerprint density at radius 2 is 1.88 bits per heavy atom. The van der Waals surface area contributed by atoms with E-state index in [1.165, 1.54) is 11.1 Å². The quantitative estimate of drug-likeness (QED) is 0.821. The van der Waals surface area contributed by atoms with Gasteiger partial charge in [-0.1, -0.05) is 32.0 Å². The summed E-state index contributed by atoms with van der Waals surface area (Å²) < 4.78 is 2.35. The number of anilines is 1. The van der Waals surface area contributed by atoms with E-state index in [2.05, 4.69) is 42.2 Å². The van der Waals surface area contributed by atoms with Crippen molar-refractivity contribution in [2.24, 2.45) is 0 Å². The third-order valence-electron chi connectivity index (χ3n) is 2.89. The van der Waals surface area contributed by atoms with E-state index in [0.717, 1.165) is 18.5 Å². The molecule has 0 radical (unpaired) electrons. The van der Waals surface area contributed by atoms with E-state index in [4.69, 9.17) is 18.0 Å². The number of nitrogen functional groups attached to an aromatic ring is 1. The molecule has 0 spiro atoms. The second kappa shape index (κ2) is 4.71. The van der Waals surface area contributed by atoms with Gasteiger partial charge in [-0.25, -0.2) is 5.10 Å². The lowest BCUT2D eigenvalue weighted by molar-refractivity contribution is 0.957. The molecule has 2 aromatic rings. The van der Waals surface area contributed by atoms with Crippen molar-refractivity contribution < 1.29 is 0 Å². The van der Waals surface area contributed by atoms with Gasteiger partial charge in [-0.3, -0.25) is 4.57 Å². The van der Waals surface area contributed by atoms with Crippen LogP contribution in [0.25, 0.3) is 5.69 Å². The van der Waals surface area contributed by atoms with Crippen molar-refractivity contribution in [3.05, 3.63) is 34.1 Å². The molecular formula is C12H16N4S. The van der Waals surface area contributed by atoms with Crippen molar-refractivity contribution >= 4 is 18.2 Å². The minimum Gasteiger partial charge on any atom is -0.368 e. The number of aromatic nitrogens is 3. The van der Waals surface area contributed by atoms with E-state index in [9.17, 15) is 0 Å². The monoisotopic (exact) mass is 248 g/mol. The van der Waals surface area contributed by atoms with Crippen molar-refractivity contribution in [2.45, 2.75) is 26.7 Å². The zero-order chi connectivity index (χ0) is 12.4. The average molecular weight is 248 g/mol. The highest BCUT2D eigenvalue weighted by Gasteiger charge is 2.12. The first-order chi connectivity index (χ1) is 8.19. The molecule has 0 saturated heterocycles. The molecule has 0 unspecified atom stereocenters. The van der Waals surface area contributed by atoms with Crippen LogP contribution in [0.1, 0.15) is 25.0 Å². The van der Waals surface area contributed by atoms with E-state index in [1.807, 2.05) is 4.57 Å². The maximum atomic E-state index is 5.87. The van der Waals surface area contributed by atoms with Crippen LogP contribution in [0, 0.1) is 4.77 Å². The molecule has 5 heteroatoms. The van der Waals surface area contributed by atoms with Gasteiger partial charge in [0, 0.05) is 0 Å². The Bertz CT molecular complexity index is 560. The molecule has 0 bridgehead atoms. The van der Waals surface area contributed by atoms with Gasteiger partial charge in [0.2, 0.25) is 10.7 Å². The van der Waals surface area contributed by atoms with Crippen LogP contribution in [0.3, 0.4) is 0 Å². The molecule has 90 valence electrons. The topological polar surface area (TPSA) is 59.6 Å². The number of nitrogens with two attached hydrogens (primary N) is 1. The van der Waals surface area contributed by atoms with Crippen molar-refractivity contribution in [1.29, 1.82) is 0 Å². The summed E-state index contributed by atoms with van der Waals surface area (Å²) in [5.41, 5.74) is 9.41. The van der Waals surface area contributed by atoms with Crippen LogP contribution in [0.15, 0.2) is 18.2 Å². The minimum absolute atomic E-state index is 0.408. The Labute approximate surface area is 105 Å². The average Bonchev–Trinajstić information content (AvgIpc) is 2.68. The third kappa shape index (κ3) is 1.98. The lowest BCUT2D eigenvalue weighted by Crippen LogP contribution is -2.07. The van der Waals surface area contributed by atoms with E-state index < -0.39 is 0 Å². The number of benzene rings is 1. The van der Waals surface area contributed by atoms with E-state index >= 15 is 0 Å². The summed E-state index contributed by atoms with van der Waals surface area (Å²) in [6, 6.07) is 6.27. The molecule has 0 aliphatic heterocycles. The Morgan fingerprint density at radius 1 is 1.29 bits per heavy atom. The number of hydrogen-bond donors (Lipinski definition) is 2. The molecule has 0 aliphatic carbocycles. The highest BCUT2D eigenvalue weighted by atomic mass is 32.1. The van der Waals surface area contributed by atoms with E-state index in [0.29, 0.717) is 10.7 Å². The maximum absolute atomic E-state index is 5.87. The van der Waals surface area contributed by atoms with Gasteiger partial charge in [0.15, 0.2) is 0 Å². The molecule has 0 fully saturated rings. The van der Waals surface area contributed by atoms with Crippen LogP contribution in [0.5, 0.6) is 0 Å². The Hall–Kier alpha value is -1.62. The zero-order valence-corrected chi connectivity index (χ0v) is 10.8. The van der Waals surface area contributed by atoms with Gasteiger partial charge >= 0.3 is 0 Å². The predicted molar refractivity (Wildman–Crippen MR) is 71.9 cm³/mol. The second-order valence-electron chi connectivity index (χ2n) is 3.85. The summed E-state index contributed by atoms with van der Waals surface area (Å²) in [6.07, 6.45) is 1.88. The van der Waals surface area contributed by atoms with Gasteiger partial charge in [0.1, 0.15) is 0 Å². The predicted octanol–water partition coefficient (Wildman–Crippen LogP) is 2.64. The summed E-state index contributed by atoms with van der Waals surface area (Å²) in [4.78, 5) is 0. The van der Waals surface area contributed by atoms with Crippen molar-refractivity contribution in [3.63, 3.8) is 0 Å². The SMILES string of the molecule is CCc1cccc(CC)c1-n1c(N)n[nH]c1=S. The number of nitrogens with one attached hydrogen (secondary N) is 1. The number of aryl methyl sites for hydroxylation is 2. The van der Waals surface area contributed by atoms with Crippen molar-refractivity contribution in [1.82, 2.24) is 14.8 Å². The fourth-order valence-corrected chi connectivity index (χ4v) is 2.26. The minimum atomic E-state index is 0.408. The molecule has 1 heterocycles. The van der Waals surface area contributed by atoms with Crippen LogP contribution in [0.2, 0.25) is 0 Å². The van der Waals surface area contributed by atoms with Gasteiger partial charge in [-0.2, -0.15) is 0 Å². The Morgan fingerprint density at radius 3 is 2.29 bits per heavy atom. The standard InChI is InChI=1S/C12H16N4S/c1-3-8-6-5-7-9(4-2)10(8)16-11(13)14-15-12(16)17/h5-7H,3-4H2,1-2H3,(H2,13,14)(H,15,17). The lowest BCUT2D eigenvalue weighted by Gasteiger charge is -2.14. The van der Waals surface area contributed by atoms with E-state index in [-0.39, 0.29) is 0 Å². The number of nitrogens with zero attached hydrogens (tertiary/aromatic N) is 2.